The van der Waals surface area contributed by atoms with Crippen LogP contribution in [0.1, 0.15) is 22.2 Å². The lowest BCUT2D eigenvalue weighted by molar-refractivity contribution is -0.402. The number of benzene rings is 1. The Kier molecular flexibility index (Phi) is 4.47. The molecule has 0 bridgehead atoms. The number of carbonyl (C=O) groups excluding carboxylic acids is 1. The van der Waals surface area contributed by atoms with Crippen LogP contribution in [0, 0.1) is 21.7 Å². The van der Waals surface area contributed by atoms with Crippen LogP contribution in [0.15, 0.2) is 34.7 Å². The quantitative estimate of drug-likeness (QED) is 0.648. The molecule has 0 aliphatic rings. The van der Waals surface area contributed by atoms with Crippen molar-refractivity contribution >= 4 is 11.8 Å². The fraction of sp³-hybridized carbons (Fsp3) is 0.154. The molecular weight excluding hydrogens is 302 g/mol. The van der Waals surface area contributed by atoms with E-state index >= 15 is 0 Å². The molecule has 9 heteroatoms. The first-order valence-electron chi connectivity index (χ1n) is 6.04. The second-order valence-electron chi connectivity index (χ2n) is 4.26. The summed E-state index contributed by atoms with van der Waals surface area (Å²) in [5.74, 6) is -3.73. The van der Waals surface area contributed by atoms with E-state index in [1.54, 1.807) is 0 Å². The highest BCUT2D eigenvalue weighted by Gasteiger charge is 2.21. The molecule has 1 unspecified atom stereocenters. The Hall–Kier alpha value is -2.81. The number of hydrogen-bond donors (Lipinski definition) is 2. The number of hydrogen-bond acceptors (Lipinski definition) is 5. The minimum atomic E-state index is -1.62. The van der Waals surface area contributed by atoms with E-state index in [-0.39, 0.29) is 5.76 Å². The van der Waals surface area contributed by atoms with E-state index in [0.717, 1.165) is 30.3 Å². The van der Waals surface area contributed by atoms with Crippen LogP contribution in [0.4, 0.5) is 14.7 Å². The number of aliphatic hydroxyl groups is 1. The van der Waals surface area contributed by atoms with Crippen LogP contribution in [-0.2, 0) is 0 Å². The standard InChI is InChI=1S/C13H10F2N2O5/c14-7-2-1-3-8(15)12(7)9(18)6-16-13(19)10-4-5-11(22-10)17(20)21/h1-5,9,18H,6H2,(H,16,19). The number of nitro groups is 1. The summed E-state index contributed by atoms with van der Waals surface area (Å²) in [7, 11) is 0. The maximum Gasteiger partial charge on any atom is 0.433 e. The average molecular weight is 312 g/mol. The summed E-state index contributed by atoms with van der Waals surface area (Å²) >= 11 is 0. The number of halogens is 2. The first kappa shape index (κ1) is 15.6. The molecule has 0 fully saturated rings. The normalized spacial score (nSPS) is 12.0. The second-order valence-corrected chi connectivity index (χ2v) is 4.26. The topological polar surface area (TPSA) is 106 Å². The summed E-state index contributed by atoms with van der Waals surface area (Å²) in [5.41, 5.74) is -0.576. The molecule has 2 rings (SSSR count). The van der Waals surface area contributed by atoms with Gasteiger partial charge >= 0.3 is 5.88 Å². The number of amides is 1. The van der Waals surface area contributed by atoms with E-state index < -0.39 is 46.6 Å². The number of carbonyl (C=O) groups is 1. The van der Waals surface area contributed by atoms with E-state index in [0.29, 0.717) is 0 Å². The molecule has 1 aromatic carbocycles. The van der Waals surface area contributed by atoms with Crippen molar-refractivity contribution < 1.29 is 28.0 Å². The van der Waals surface area contributed by atoms with Crippen molar-refractivity contribution in [1.82, 2.24) is 5.32 Å². The molecule has 1 aromatic heterocycles. The Balaban J connectivity index is 2.02. The number of nitrogens with zero attached hydrogens (tertiary/aromatic N) is 1. The number of furan rings is 1. The Morgan fingerprint density at radius 1 is 1.32 bits per heavy atom. The molecule has 2 N–H and O–H groups in total. The fourth-order valence-electron chi connectivity index (χ4n) is 1.76. The van der Waals surface area contributed by atoms with Crippen LogP contribution in [0.5, 0.6) is 0 Å². The lowest BCUT2D eigenvalue weighted by atomic mass is 10.1. The molecule has 0 radical (unpaired) electrons. The fourth-order valence-corrected chi connectivity index (χ4v) is 1.76. The molecule has 0 aliphatic heterocycles. The van der Waals surface area contributed by atoms with Gasteiger partial charge in [0.2, 0.25) is 0 Å². The lowest BCUT2D eigenvalue weighted by Gasteiger charge is -2.13. The summed E-state index contributed by atoms with van der Waals surface area (Å²) in [6, 6.07) is 5.14. The Morgan fingerprint density at radius 3 is 2.50 bits per heavy atom. The van der Waals surface area contributed by atoms with Gasteiger partial charge in [-0.2, -0.15) is 0 Å². The molecule has 0 spiro atoms. The van der Waals surface area contributed by atoms with E-state index in [1.165, 1.54) is 0 Å². The van der Waals surface area contributed by atoms with E-state index in [9.17, 15) is 28.8 Å². The van der Waals surface area contributed by atoms with Crippen molar-refractivity contribution in [3.63, 3.8) is 0 Å². The third-order valence-electron chi connectivity index (χ3n) is 2.78. The molecule has 0 saturated heterocycles. The zero-order chi connectivity index (χ0) is 16.3. The summed E-state index contributed by atoms with van der Waals surface area (Å²) in [6.07, 6.45) is -1.62. The van der Waals surface area contributed by atoms with Gasteiger partial charge in [-0.05, 0) is 18.2 Å². The number of nitrogens with one attached hydrogen (secondary N) is 1. The maximum atomic E-state index is 13.4. The molecule has 0 saturated carbocycles. The largest absolute Gasteiger partial charge is 0.433 e. The molecule has 22 heavy (non-hydrogen) atoms. The summed E-state index contributed by atoms with van der Waals surface area (Å²) in [5, 5.41) is 22.3. The highest BCUT2D eigenvalue weighted by molar-refractivity contribution is 5.91. The third kappa shape index (κ3) is 3.26. The SMILES string of the molecule is O=C(NCC(O)c1c(F)cccc1F)c1ccc([N+](=O)[O-])o1. The molecular formula is C13H10F2N2O5. The highest BCUT2D eigenvalue weighted by Crippen LogP contribution is 2.20. The highest BCUT2D eigenvalue weighted by atomic mass is 19.1. The van der Waals surface area contributed by atoms with Gasteiger partial charge in [0.15, 0.2) is 5.76 Å². The van der Waals surface area contributed by atoms with Gasteiger partial charge in [-0.1, -0.05) is 6.07 Å². The Morgan fingerprint density at radius 2 is 1.95 bits per heavy atom. The van der Waals surface area contributed by atoms with Gasteiger partial charge in [0.25, 0.3) is 5.91 Å². The van der Waals surface area contributed by atoms with Gasteiger partial charge in [-0.15, -0.1) is 0 Å². The third-order valence-corrected chi connectivity index (χ3v) is 2.78. The molecule has 0 aliphatic carbocycles. The molecule has 1 heterocycles. The van der Waals surface area contributed by atoms with Gasteiger partial charge in [0.05, 0.1) is 11.6 Å². The Bertz CT molecular complexity index is 696. The first-order valence-corrected chi connectivity index (χ1v) is 6.04. The minimum Gasteiger partial charge on any atom is -0.395 e. The van der Waals surface area contributed by atoms with Gasteiger partial charge in [0, 0.05) is 6.54 Å². The van der Waals surface area contributed by atoms with Crippen molar-refractivity contribution in [2.75, 3.05) is 6.54 Å². The van der Waals surface area contributed by atoms with Crippen molar-refractivity contribution in [2.45, 2.75) is 6.10 Å². The predicted octanol–water partition coefficient (Wildman–Crippen LogP) is 1.93. The number of rotatable bonds is 5. The van der Waals surface area contributed by atoms with Gasteiger partial charge in [-0.3, -0.25) is 14.9 Å². The van der Waals surface area contributed by atoms with Gasteiger partial charge in [0.1, 0.15) is 22.7 Å². The zero-order valence-corrected chi connectivity index (χ0v) is 11.0. The minimum absolute atomic E-state index is 0.354. The molecule has 1 atom stereocenters. The Labute approximate surface area is 122 Å². The zero-order valence-electron chi connectivity index (χ0n) is 11.0. The average Bonchev–Trinajstić information content (AvgIpc) is 2.94. The van der Waals surface area contributed by atoms with Crippen LogP contribution in [0.25, 0.3) is 0 Å². The molecule has 7 nitrogen and oxygen atoms in total. The van der Waals surface area contributed by atoms with E-state index in [4.69, 9.17) is 0 Å². The molecule has 2 aromatic rings. The van der Waals surface area contributed by atoms with Crippen LogP contribution in [0.3, 0.4) is 0 Å². The van der Waals surface area contributed by atoms with Crippen LogP contribution in [0.2, 0.25) is 0 Å². The monoisotopic (exact) mass is 312 g/mol. The maximum absolute atomic E-state index is 13.4. The van der Waals surface area contributed by atoms with Crippen molar-refractivity contribution in [3.05, 3.63) is 63.4 Å². The second kappa shape index (κ2) is 6.31. The summed E-state index contributed by atoms with van der Waals surface area (Å²) in [4.78, 5) is 21.3. The van der Waals surface area contributed by atoms with Crippen molar-refractivity contribution in [3.8, 4) is 0 Å². The molecule has 1 amide bonds. The van der Waals surface area contributed by atoms with Crippen molar-refractivity contribution in [2.24, 2.45) is 0 Å². The predicted molar refractivity (Wildman–Crippen MR) is 69.0 cm³/mol. The van der Waals surface area contributed by atoms with Gasteiger partial charge < -0.3 is 14.8 Å². The summed E-state index contributed by atoms with van der Waals surface area (Å²) in [6.45, 7) is -0.495. The smallest absolute Gasteiger partial charge is 0.395 e. The van der Waals surface area contributed by atoms with Gasteiger partial charge in [-0.25, -0.2) is 8.78 Å². The van der Waals surface area contributed by atoms with Crippen LogP contribution in [-0.4, -0.2) is 22.5 Å². The van der Waals surface area contributed by atoms with Crippen LogP contribution < -0.4 is 5.32 Å². The van der Waals surface area contributed by atoms with Crippen molar-refractivity contribution in [1.29, 1.82) is 0 Å². The number of aliphatic hydroxyl groups excluding tert-OH is 1. The summed E-state index contributed by atoms with van der Waals surface area (Å²) < 4.78 is 31.5. The van der Waals surface area contributed by atoms with E-state index in [1.807, 2.05) is 0 Å². The first-order chi connectivity index (χ1) is 10.4. The van der Waals surface area contributed by atoms with E-state index in [2.05, 4.69) is 9.73 Å². The molecule has 116 valence electrons. The van der Waals surface area contributed by atoms with Crippen LogP contribution >= 0.6 is 0 Å². The lowest BCUT2D eigenvalue weighted by Crippen LogP contribution is -2.28.